The molecule has 0 unspecified atom stereocenters. The van der Waals surface area contributed by atoms with Gasteiger partial charge >= 0.3 is 64.2 Å². The van der Waals surface area contributed by atoms with E-state index in [0.29, 0.717) is 6.42 Å². The van der Waals surface area contributed by atoms with E-state index in [1.807, 2.05) is 6.92 Å². The normalized spacial score (nSPS) is 7.00. The number of carboxylic acid groups (broad SMARTS) is 1. The summed E-state index contributed by atoms with van der Waals surface area (Å²) in [5, 5.41) is 7.91. The van der Waals surface area contributed by atoms with Gasteiger partial charge in [-0.15, -0.1) is 0 Å². The second-order valence-electron chi connectivity index (χ2n) is 1.14. The van der Waals surface area contributed by atoms with Crippen LogP contribution in [0.1, 0.15) is 19.8 Å². The number of rotatable bonds is 2. The van der Waals surface area contributed by atoms with E-state index in [-0.39, 0.29) is 58.2 Å². The zero-order valence-corrected chi connectivity index (χ0v) is 3.77. The third kappa shape index (κ3) is 11.1. The quantitative estimate of drug-likeness (QED) is 0.651. The van der Waals surface area contributed by atoms with Gasteiger partial charge in [0.2, 0.25) is 0 Å². The van der Waals surface area contributed by atoms with Gasteiger partial charge in [-0.2, -0.15) is 0 Å². The standard InChI is InChI=1S/C4H8O2.Rb.H/c1-2-3-4(5)6;;/h2-3H2,1H3,(H,5,6);;. The molecule has 0 spiro atoms. The van der Waals surface area contributed by atoms with Crippen LogP contribution >= 0.6 is 0 Å². The molecule has 0 saturated heterocycles. The topological polar surface area (TPSA) is 37.3 Å². The van der Waals surface area contributed by atoms with Gasteiger partial charge in [0.25, 0.3) is 0 Å². The third-order valence-electron chi connectivity index (χ3n) is 0.464. The van der Waals surface area contributed by atoms with Gasteiger partial charge in [-0.1, -0.05) is 6.92 Å². The fourth-order valence-corrected chi connectivity index (χ4v) is 0.214. The van der Waals surface area contributed by atoms with Gasteiger partial charge in [0.15, 0.2) is 0 Å². The summed E-state index contributed by atoms with van der Waals surface area (Å²) in [7, 11) is 0. The average molecular weight is 175 g/mol. The number of hydrogen-bond donors (Lipinski definition) is 1. The monoisotopic (exact) mass is 174 g/mol. The van der Waals surface area contributed by atoms with Crippen molar-refractivity contribution in [2.75, 3.05) is 0 Å². The Morgan fingerprint density at radius 1 is 1.71 bits per heavy atom. The molecule has 3 heteroatoms. The van der Waals surface area contributed by atoms with Crippen molar-refractivity contribution in [1.82, 2.24) is 0 Å². The van der Waals surface area contributed by atoms with Crippen LogP contribution in [0.4, 0.5) is 0 Å². The van der Waals surface area contributed by atoms with Crippen molar-refractivity contribution in [2.24, 2.45) is 0 Å². The van der Waals surface area contributed by atoms with Crippen molar-refractivity contribution in [3.8, 4) is 0 Å². The van der Waals surface area contributed by atoms with E-state index in [4.69, 9.17) is 5.11 Å². The molecular weight excluding hydrogens is 166 g/mol. The fraction of sp³-hybridized carbons (Fsp3) is 0.750. The number of aliphatic carboxylic acids is 1. The maximum atomic E-state index is 9.60. The van der Waals surface area contributed by atoms with Crippen LogP contribution in [0.25, 0.3) is 0 Å². The molecule has 0 amide bonds. The van der Waals surface area contributed by atoms with E-state index in [1.54, 1.807) is 0 Å². The van der Waals surface area contributed by atoms with Crippen LogP contribution in [0.5, 0.6) is 0 Å². The van der Waals surface area contributed by atoms with Crippen LogP contribution in [-0.2, 0) is 4.79 Å². The van der Waals surface area contributed by atoms with E-state index < -0.39 is 5.97 Å². The van der Waals surface area contributed by atoms with Crippen molar-refractivity contribution >= 4 is 64.2 Å². The molecule has 7 heavy (non-hydrogen) atoms. The molecule has 0 radical (unpaired) electrons. The molecular formula is C4H9O2Rb. The average Bonchev–Trinajstić information content (AvgIpc) is 1.35. The van der Waals surface area contributed by atoms with Crippen molar-refractivity contribution in [3.05, 3.63) is 0 Å². The molecule has 0 bridgehead atoms. The summed E-state index contributed by atoms with van der Waals surface area (Å²) in [6.07, 6.45) is 1.02. The molecule has 0 saturated carbocycles. The van der Waals surface area contributed by atoms with E-state index in [1.165, 1.54) is 0 Å². The first-order chi connectivity index (χ1) is 2.77. The van der Waals surface area contributed by atoms with E-state index in [0.717, 1.165) is 6.42 Å². The van der Waals surface area contributed by atoms with Crippen LogP contribution in [-0.4, -0.2) is 69.3 Å². The molecule has 0 aromatic carbocycles. The van der Waals surface area contributed by atoms with Gasteiger partial charge in [-0.25, -0.2) is 0 Å². The predicted octanol–water partition coefficient (Wildman–Crippen LogP) is 0.223. The summed E-state index contributed by atoms with van der Waals surface area (Å²) in [5.41, 5.74) is 0. The summed E-state index contributed by atoms with van der Waals surface area (Å²) in [5.74, 6) is -0.711. The Hall–Kier alpha value is 1.28. The van der Waals surface area contributed by atoms with Crippen LogP contribution in [0, 0.1) is 0 Å². The van der Waals surface area contributed by atoms with Crippen molar-refractivity contribution < 1.29 is 9.90 Å². The molecule has 38 valence electrons. The van der Waals surface area contributed by atoms with Crippen LogP contribution in [0.3, 0.4) is 0 Å². The Morgan fingerprint density at radius 3 is 2.14 bits per heavy atom. The van der Waals surface area contributed by atoms with E-state index in [9.17, 15) is 4.79 Å². The molecule has 0 heterocycles. The Bertz CT molecular complexity index is 53.7. The first-order valence-corrected chi connectivity index (χ1v) is 1.99. The van der Waals surface area contributed by atoms with Gasteiger partial charge in [0, 0.05) is 6.42 Å². The van der Waals surface area contributed by atoms with Crippen molar-refractivity contribution in [1.29, 1.82) is 0 Å². The Morgan fingerprint density at radius 2 is 2.14 bits per heavy atom. The first kappa shape index (κ1) is 11.1. The summed E-state index contributed by atoms with van der Waals surface area (Å²) >= 11 is 0. The fourth-order valence-electron chi connectivity index (χ4n) is 0.214. The minimum atomic E-state index is -0.711. The van der Waals surface area contributed by atoms with Crippen molar-refractivity contribution in [2.45, 2.75) is 19.8 Å². The molecule has 0 aromatic rings. The van der Waals surface area contributed by atoms with Crippen molar-refractivity contribution in [3.63, 3.8) is 0 Å². The summed E-state index contributed by atoms with van der Waals surface area (Å²) in [6, 6.07) is 0. The molecule has 0 aromatic heterocycles. The summed E-state index contributed by atoms with van der Waals surface area (Å²) in [4.78, 5) is 9.60. The third-order valence-corrected chi connectivity index (χ3v) is 0.464. The summed E-state index contributed by atoms with van der Waals surface area (Å²) < 4.78 is 0. The van der Waals surface area contributed by atoms with Gasteiger partial charge in [-0.3, -0.25) is 4.79 Å². The minimum absolute atomic E-state index is 0. The maximum absolute atomic E-state index is 9.60. The number of hydrogen-bond acceptors (Lipinski definition) is 1. The molecule has 2 nitrogen and oxygen atoms in total. The van der Waals surface area contributed by atoms with Crippen LogP contribution in [0.2, 0.25) is 0 Å². The molecule has 0 atom stereocenters. The molecule has 0 fully saturated rings. The molecule has 0 aliphatic carbocycles. The zero-order valence-electron chi connectivity index (χ0n) is 3.77. The molecule has 1 N–H and O–H groups in total. The van der Waals surface area contributed by atoms with Crippen LogP contribution in [0.15, 0.2) is 0 Å². The second-order valence-corrected chi connectivity index (χ2v) is 1.14. The number of carbonyl (C=O) groups is 1. The van der Waals surface area contributed by atoms with E-state index in [2.05, 4.69) is 0 Å². The van der Waals surface area contributed by atoms with Crippen LogP contribution < -0.4 is 0 Å². The molecule has 0 aliphatic heterocycles. The Balaban J connectivity index is 0. The number of carboxylic acids is 1. The molecule has 0 rings (SSSR count). The summed E-state index contributed by atoms with van der Waals surface area (Å²) in [6.45, 7) is 1.84. The molecule has 0 aliphatic rings. The Labute approximate surface area is 92.1 Å². The van der Waals surface area contributed by atoms with Gasteiger partial charge in [-0.05, 0) is 6.42 Å². The predicted molar refractivity (Wildman–Crippen MR) is 29.7 cm³/mol. The van der Waals surface area contributed by atoms with Gasteiger partial charge in [0.1, 0.15) is 0 Å². The zero-order chi connectivity index (χ0) is 4.99. The van der Waals surface area contributed by atoms with Gasteiger partial charge < -0.3 is 5.11 Å². The Kier molecular flexibility index (Phi) is 11.6. The second kappa shape index (κ2) is 7.28. The first-order valence-electron chi connectivity index (χ1n) is 1.99. The SMILES string of the molecule is CCCC(=O)O.[RbH]. The van der Waals surface area contributed by atoms with E-state index >= 15 is 0 Å². The van der Waals surface area contributed by atoms with Gasteiger partial charge in [0.05, 0.1) is 0 Å².